The average molecular weight is 515 g/mol. The van der Waals surface area contributed by atoms with Crippen molar-refractivity contribution in [1.29, 1.82) is 0 Å². The van der Waals surface area contributed by atoms with Crippen LogP contribution in [0.2, 0.25) is 0 Å². The molecule has 11 heteroatoms. The summed E-state index contributed by atoms with van der Waals surface area (Å²) in [5.74, 6) is 0.467. The number of carbonyl (C=O) groups excluding carboxylic acids is 1. The van der Waals surface area contributed by atoms with E-state index in [0.717, 1.165) is 15.6 Å². The number of nitro groups is 1. The first-order valence-electron chi connectivity index (χ1n) is 9.36. The molecule has 3 rings (SSSR count). The molecule has 2 aromatic carbocycles. The van der Waals surface area contributed by atoms with Crippen LogP contribution in [-0.4, -0.2) is 37.6 Å². The molecule has 0 atom stereocenters. The van der Waals surface area contributed by atoms with E-state index in [9.17, 15) is 14.9 Å². The van der Waals surface area contributed by atoms with E-state index >= 15 is 0 Å². The van der Waals surface area contributed by atoms with Crippen LogP contribution in [0.15, 0.2) is 75.4 Å². The standard InChI is InChI=1S/C21H19BrN6O3S/c1-14(2)12-27-20(16-5-7-17(22)8-6-16)25-26-21(27)32-13-19(29)24-23-11-15-3-9-18(10-4-15)28(30)31/h3-11H,1,12-13H2,2H3,(H,24,29)/b23-11-. The Hall–Kier alpha value is -3.31. The summed E-state index contributed by atoms with van der Waals surface area (Å²) in [7, 11) is 0. The Morgan fingerprint density at radius 2 is 1.94 bits per heavy atom. The van der Waals surface area contributed by atoms with Crippen LogP contribution >= 0.6 is 27.7 Å². The first-order valence-corrected chi connectivity index (χ1v) is 11.1. The summed E-state index contributed by atoms with van der Waals surface area (Å²) >= 11 is 4.67. The van der Waals surface area contributed by atoms with Crippen LogP contribution in [0.1, 0.15) is 12.5 Å². The van der Waals surface area contributed by atoms with Crippen molar-refractivity contribution in [3.8, 4) is 11.4 Å². The average Bonchev–Trinajstić information content (AvgIpc) is 3.15. The minimum absolute atomic E-state index is 0.0102. The zero-order valence-electron chi connectivity index (χ0n) is 17.1. The molecule has 0 aliphatic carbocycles. The van der Waals surface area contributed by atoms with Gasteiger partial charge in [0.1, 0.15) is 0 Å². The highest BCUT2D eigenvalue weighted by Gasteiger charge is 2.16. The first-order chi connectivity index (χ1) is 15.3. The van der Waals surface area contributed by atoms with E-state index in [4.69, 9.17) is 0 Å². The fraction of sp³-hybridized carbons (Fsp3) is 0.143. The first kappa shape index (κ1) is 23.4. The highest BCUT2D eigenvalue weighted by atomic mass is 79.9. The van der Waals surface area contributed by atoms with Gasteiger partial charge in [-0.2, -0.15) is 5.10 Å². The molecular formula is C21H19BrN6O3S. The van der Waals surface area contributed by atoms with Crippen molar-refractivity contribution in [2.75, 3.05) is 5.75 Å². The number of hydrogen-bond donors (Lipinski definition) is 1. The molecule has 32 heavy (non-hydrogen) atoms. The third-order valence-electron chi connectivity index (χ3n) is 4.09. The van der Waals surface area contributed by atoms with E-state index in [-0.39, 0.29) is 17.3 Å². The summed E-state index contributed by atoms with van der Waals surface area (Å²) < 4.78 is 2.89. The molecule has 0 aliphatic rings. The lowest BCUT2D eigenvalue weighted by atomic mass is 10.2. The van der Waals surface area contributed by atoms with E-state index in [1.807, 2.05) is 35.8 Å². The third kappa shape index (κ3) is 6.34. The van der Waals surface area contributed by atoms with Gasteiger partial charge in [-0.05, 0) is 36.8 Å². The maximum absolute atomic E-state index is 12.2. The maximum atomic E-state index is 12.2. The summed E-state index contributed by atoms with van der Waals surface area (Å²) in [6.45, 7) is 6.42. The minimum Gasteiger partial charge on any atom is -0.298 e. The van der Waals surface area contributed by atoms with Crippen LogP contribution in [-0.2, 0) is 11.3 Å². The van der Waals surface area contributed by atoms with Crippen molar-refractivity contribution in [3.63, 3.8) is 0 Å². The van der Waals surface area contributed by atoms with E-state index < -0.39 is 4.92 Å². The summed E-state index contributed by atoms with van der Waals surface area (Å²) in [6, 6.07) is 13.6. The Morgan fingerprint density at radius 3 is 2.56 bits per heavy atom. The molecule has 3 aromatic rings. The SMILES string of the molecule is C=C(C)Cn1c(SCC(=O)N/N=C\c2ccc([N+](=O)[O-])cc2)nnc1-c1ccc(Br)cc1. The predicted molar refractivity (Wildman–Crippen MR) is 128 cm³/mol. The summed E-state index contributed by atoms with van der Waals surface area (Å²) in [4.78, 5) is 22.4. The molecule has 0 saturated heterocycles. The second-order valence-electron chi connectivity index (χ2n) is 6.79. The zero-order valence-corrected chi connectivity index (χ0v) is 19.5. The Labute approximate surface area is 196 Å². The monoisotopic (exact) mass is 514 g/mol. The number of hydrogen-bond acceptors (Lipinski definition) is 7. The van der Waals surface area contributed by atoms with E-state index in [1.165, 1.54) is 30.1 Å². The number of nitrogens with one attached hydrogen (secondary N) is 1. The number of amides is 1. The normalized spacial score (nSPS) is 10.9. The molecule has 0 fully saturated rings. The molecular weight excluding hydrogens is 496 g/mol. The number of rotatable bonds is 9. The largest absolute Gasteiger partial charge is 0.298 e. The summed E-state index contributed by atoms with van der Waals surface area (Å²) in [6.07, 6.45) is 1.42. The highest BCUT2D eigenvalue weighted by Crippen LogP contribution is 2.26. The molecule has 1 aromatic heterocycles. The Kier molecular flexibility index (Phi) is 7.90. The molecule has 0 bridgehead atoms. The minimum atomic E-state index is -0.478. The summed E-state index contributed by atoms with van der Waals surface area (Å²) in [5, 5.41) is 23.7. The molecule has 0 aliphatic heterocycles. The Bertz CT molecular complexity index is 1160. The second kappa shape index (κ2) is 10.8. The van der Waals surface area contributed by atoms with Gasteiger partial charge in [0.15, 0.2) is 11.0 Å². The molecule has 1 heterocycles. The number of aromatic nitrogens is 3. The molecule has 0 saturated carbocycles. The van der Waals surface area contributed by atoms with Gasteiger partial charge < -0.3 is 0 Å². The van der Waals surface area contributed by atoms with Gasteiger partial charge in [0.05, 0.1) is 16.9 Å². The van der Waals surface area contributed by atoms with Gasteiger partial charge in [-0.15, -0.1) is 10.2 Å². The van der Waals surface area contributed by atoms with Gasteiger partial charge in [0, 0.05) is 28.7 Å². The lowest BCUT2D eigenvalue weighted by Crippen LogP contribution is -2.20. The molecule has 164 valence electrons. The number of nitro benzene ring substituents is 1. The molecule has 1 N–H and O–H groups in total. The number of allylic oxidation sites excluding steroid dienone is 1. The second-order valence-corrected chi connectivity index (χ2v) is 8.64. The van der Waals surface area contributed by atoms with Gasteiger partial charge in [-0.1, -0.05) is 52.0 Å². The Balaban J connectivity index is 1.62. The lowest BCUT2D eigenvalue weighted by Gasteiger charge is -2.10. The van der Waals surface area contributed by atoms with Crippen molar-refractivity contribution in [3.05, 3.63) is 80.8 Å². The molecule has 0 spiro atoms. The molecule has 0 radical (unpaired) electrons. The van der Waals surface area contributed by atoms with Crippen LogP contribution in [0.4, 0.5) is 5.69 Å². The number of thioether (sulfide) groups is 1. The van der Waals surface area contributed by atoms with E-state index in [1.54, 1.807) is 12.1 Å². The number of nitrogens with zero attached hydrogens (tertiary/aromatic N) is 5. The van der Waals surface area contributed by atoms with Crippen molar-refractivity contribution in [1.82, 2.24) is 20.2 Å². The number of carbonyl (C=O) groups is 1. The maximum Gasteiger partial charge on any atom is 0.269 e. The third-order valence-corrected chi connectivity index (χ3v) is 5.58. The van der Waals surface area contributed by atoms with Crippen molar-refractivity contribution >= 4 is 45.5 Å². The topological polar surface area (TPSA) is 115 Å². The van der Waals surface area contributed by atoms with Crippen LogP contribution in [0, 0.1) is 10.1 Å². The quantitative estimate of drug-likeness (QED) is 0.148. The number of halogens is 1. The number of non-ortho nitro benzene ring substituents is 1. The van der Waals surface area contributed by atoms with Crippen LogP contribution in [0.3, 0.4) is 0 Å². The fourth-order valence-electron chi connectivity index (χ4n) is 2.64. The predicted octanol–water partition coefficient (Wildman–Crippen LogP) is 4.43. The smallest absolute Gasteiger partial charge is 0.269 e. The van der Waals surface area contributed by atoms with Crippen molar-refractivity contribution in [2.45, 2.75) is 18.6 Å². The molecule has 9 nitrogen and oxygen atoms in total. The number of hydrazone groups is 1. The zero-order chi connectivity index (χ0) is 23.1. The Morgan fingerprint density at radius 1 is 1.25 bits per heavy atom. The van der Waals surface area contributed by atoms with E-state index in [2.05, 4.69) is 43.2 Å². The molecule has 0 unspecified atom stereocenters. The van der Waals surface area contributed by atoms with Crippen molar-refractivity contribution in [2.24, 2.45) is 5.10 Å². The van der Waals surface area contributed by atoms with Gasteiger partial charge >= 0.3 is 0 Å². The number of benzene rings is 2. The fourth-order valence-corrected chi connectivity index (χ4v) is 3.64. The van der Waals surface area contributed by atoms with Crippen LogP contribution < -0.4 is 5.43 Å². The lowest BCUT2D eigenvalue weighted by molar-refractivity contribution is -0.384. The highest BCUT2D eigenvalue weighted by molar-refractivity contribution is 9.10. The van der Waals surface area contributed by atoms with Gasteiger partial charge in [-0.3, -0.25) is 19.5 Å². The van der Waals surface area contributed by atoms with Crippen molar-refractivity contribution < 1.29 is 9.72 Å². The van der Waals surface area contributed by atoms with Gasteiger partial charge in [0.25, 0.3) is 11.6 Å². The summed E-state index contributed by atoms with van der Waals surface area (Å²) in [5.41, 5.74) is 4.90. The van der Waals surface area contributed by atoms with Gasteiger partial charge in [-0.25, -0.2) is 5.43 Å². The molecule has 1 amide bonds. The van der Waals surface area contributed by atoms with E-state index in [0.29, 0.717) is 23.1 Å². The van der Waals surface area contributed by atoms with Crippen LogP contribution in [0.25, 0.3) is 11.4 Å². The van der Waals surface area contributed by atoms with Crippen LogP contribution in [0.5, 0.6) is 0 Å². The van der Waals surface area contributed by atoms with Gasteiger partial charge in [0.2, 0.25) is 0 Å².